The monoisotopic (exact) mass is 504 g/mol. The maximum atomic E-state index is 13.4. The van der Waals surface area contributed by atoms with Gasteiger partial charge in [-0.05, 0) is 61.7 Å². The van der Waals surface area contributed by atoms with Crippen LogP contribution in [0.5, 0.6) is 5.75 Å². The molecule has 1 aromatic heterocycles. The molecule has 1 heterocycles. The van der Waals surface area contributed by atoms with E-state index in [1.807, 2.05) is 32.0 Å². The molecule has 0 aliphatic carbocycles. The fourth-order valence-corrected chi connectivity index (χ4v) is 4.54. The van der Waals surface area contributed by atoms with Crippen LogP contribution in [-0.4, -0.2) is 33.2 Å². The van der Waals surface area contributed by atoms with Crippen LogP contribution >= 0.6 is 11.8 Å². The predicted octanol–water partition coefficient (Wildman–Crippen LogP) is 4.96. The lowest BCUT2D eigenvalue weighted by Gasteiger charge is -2.15. The number of thioether (sulfide) groups is 1. The van der Waals surface area contributed by atoms with Gasteiger partial charge in [0, 0.05) is 17.8 Å². The molecular formula is C26H24N4O5S. The highest BCUT2D eigenvalue weighted by atomic mass is 32.2. The number of carbonyl (C=O) groups excluding carboxylic acids is 1. The second-order valence-corrected chi connectivity index (χ2v) is 9.20. The smallest absolute Gasteiger partial charge is 0.311 e. The van der Waals surface area contributed by atoms with Crippen molar-refractivity contribution in [3.63, 3.8) is 0 Å². The molecule has 9 nitrogen and oxygen atoms in total. The normalized spacial score (nSPS) is 10.9. The Bertz CT molecular complexity index is 1560. The average molecular weight is 505 g/mol. The molecule has 3 aromatic carbocycles. The van der Waals surface area contributed by atoms with E-state index in [-0.39, 0.29) is 28.7 Å². The molecule has 0 fully saturated rings. The highest BCUT2D eigenvalue weighted by Gasteiger charge is 2.19. The van der Waals surface area contributed by atoms with Crippen molar-refractivity contribution in [2.24, 2.45) is 0 Å². The third kappa shape index (κ3) is 4.94. The van der Waals surface area contributed by atoms with Gasteiger partial charge < -0.3 is 10.1 Å². The van der Waals surface area contributed by atoms with Crippen molar-refractivity contribution < 1.29 is 14.5 Å². The van der Waals surface area contributed by atoms with E-state index in [2.05, 4.69) is 10.3 Å². The van der Waals surface area contributed by atoms with Crippen molar-refractivity contribution in [1.82, 2.24) is 9.55 Å². The van der Waals surface area contributed by atoms with Crippen LogP contribution in [-0.2, 0) is 4.79 Å². The summed E-state index contributed by atoms with van der Waals surface area (Å²) in [7, 11) is 1.33. The first kappa shape index (κ1) is 24.9. The SMILES string of the molecule is COc1cc(NC(=O)CSc2nc3ccccc3c(=O)n2-c2ccc(C)c(C)c2)c(C)cc1[N+](=O)[O-]. The van der Waals surface area contributed by atoms with Crippen molar-refractivity contribution in [2.75, 3.05) is 18.2 Å². The number of amides is 1. The molecule has 1 N–H and O–H groups in total. The number of hydrogen-bond donors (Lipinski definition) is 1. The number of ether oxygens (including phenoxy) is 1. The van der Waals surface area contributed by atoms with Crippen LogP contribution in [0.1, 0.15) is 16.7 Å². The lowest BCUT2D eigenvalue weighted by atomic mass is 10.1. The zero-order chi connectivity index (χ0) is 26.0. The topological polar surface area (TPSA) is 116 Å². The molecule has 184 valence electrons. The molecule has 0 saturated heterocycles. The van der Waals surface area contributed by atoms with Gasteiger partial charge in [0.2, 0.25) is 5.91 Å². The van der Waals surface area contributed by atoms with Gasteiger partial charge in [-0.1, -0.05) is 30.0 Å². The lowest BCUT2D eigenvalue weighted by Crippen LogP contribution is -2.23. The molecule has 36 heavy (non-hydrogen) atoms. The molecule has 0 unspecified atom stereocenters. The second kappa shape index (κ2) is 10.2. The van der Waals surface area contributed by atoms with Crippen LogP contribution in [0, 0.1) is 30.9 Å². The minimum absolute atomic E-state index is 0.0334. The van der Waals surface area contributed by atoms with Gasteiger partial charge in [-0.15, -0.1) is 0 Å². The Morgan fingerprint density at radius 1 is 1.08 bits per heavy atom. The summed E-state index contributed by atoms with van der Waals surface area (Å²) < 4.78 is 6.62. The Morgan fingerprint density at radius 3 is 2.53 bits per heavy atom. The van der Waals surface area contributed by atoms with Crippen molar-refractivity contribution in [2.45, 2.75) is 25.9 Å². The third-order valence-corrected chi connectivity index (χ3v) is 6.76. The fourth-order valence-electron chi connectivity index (χ4n) is 3.73. The zero-order valence-corrected chi connectivity index (χ0v) is 21.0. The number of anilines is 1. The Kier molecular flexibility index (Phi) is 7.07. The number of hydrogen-bond acceptors (Lipinski definition) is 7. The zero-order valence-electron chi connectivity index (χ0n) is 20.2. The summed E-state index contributed by atoms with van der Waals surface area (Å²) in [5.41, 5.74) is 3.87. The number of nitrogens with one attached hydrogen (secondary N) is 1. The summed E-state index contributed by atoms with van der Waals surface area (Å²) in [5.74, 6) is -0.338. The Morgan fingerprint density at radius 2 is 1.83 bits per heavy atom. The van der Waals surface area contributed by atoms with Gasteiger partial charge >= 0.3 is 5.69 Å². The van der Waals surface area contributed by atoms with Crippen LogP contribution in [0.2, 0.25) is 0 Å². The Balaban J connectivity index is 1.66. The highest BCUT2D eigenvalue weighted by Crippen LogP contribution is 2.33. The quantitative estimate of drug-likeness (QED) is 0.164. The van der Waals surface area contributed by atoms with Crippen LogP contribution in [0.3, 0.4) is 0 Å². The Hall–Kier alpha value is -4.18. The van der Waals surface area contributed by atoms with Crippen molar-refractivity contribution >= 4 is 39.9 Å². The number of carbonyl (C=O) groups is 1. The maximum Gasteiger partial charge on any atom is 0.311 e. The number of aryl methyl sites for hydroxylation is 3. The molecule has 0 atom stereocenters. The molecular weight excluding hydrogens is 480 g/mol. The minimum Gasteiger partial charge on any atom is -0.490 e. The van der Waals surface area contributed by atoms with Crippen LogP contribution in [0.15, 0.2) is 64.5 Å². The van der Waals surface area contributed by atoms with E-state index in [0.717, 1.165) is 22.9 Å². The summed E-state index contributed by atoms with van der Waals surface area (Å²) in [4.78, 5) is 41.6. The molecule has 0 saturated carbocycles. The van der Waals surface area contributed by atoms with E-state index >= 15 is 0 Å². The van der Waals surface area contributed by atoms with E-state index in [1.54, 1.807) is 31.2 Å². The predicted molar refractivity (Wildman–Crippen MR) is 141 cm³/mol. The summed E-state index contributed by atoms with van der Waals surface area (Å²) >= 11 is 1.13. The molecule has 10 heteroatoms. The number of nitrogens with zero attached hydrogens (tertiary/aromatic N) is 3. The van der Waals surface area contributed by atoms with E-state index in [4.69, 9.17) is 4.74 Å². The van der Waals surface area contributed by atoms with Gasteiger partial charge in [-0.25, -0.2) is 4.98 Å². The highest BCUT2D eigenvalue weighted by molar-refractivity contribution is 7.99. The summed E-state index contributed by atoms with van der Waals surface area (Å²) in [6.07, 6.45) is 0. The molecule has 1 amide bonds. The first-order valence-electron chi connectivity index (χ1n) is 11.0. The molecule has 0 aliphatic heterocycles. The van der Waals surface area contributed by atoms with Crippen LogP contribution in [0.4, 0.5) is 11.4 Å². The largest absolute Gasteiger partial charge is 0.490 e. The molecule has 0 radical (unpaired) electrons. The molecule has 0 spiro atoms. The van der Waals surface area contributed by atoms with Gasteiger partial charge in [0.1, 0.15) is 0 Å². The summed E-state index contributed by atoms with van der Waals surface area (Å²) in [6.45, 7) is 5.63. The molecule has 0 bridgehead atoms. The summed E-state index contributed by atoms with van der Waals surface area (Å²) in [5, 5.41) is 14.9. The van der Waals surface area contributed by atoms with E-state index in [9.17, 15) is 19.7 Å². The van der Waals surface area contributed by atoms with Gasteiger partial charge in [0.15, 0.2) is 10.9 Å². The van der Waals surface area contributed by atoms with Gasteiger partial charge in [-0.3, -0.25) is 24.3 Å². The average Bonchev–Trinajstić information content (AvgIpc) is 2.85. The molecule has 4 rings (SSSR count). The van der Waals surface area contributed by atoms with E-state index < -0.39 is 4.92 Å². The van der Waals surface area contributed by atoms with E-state index in [1.165, 1.54) is 23.8 Å². The number of aromatic nitrogens is 2. The summed E-state index contributed by atoms with van der Waals surface area (Å²) in [6, 6.07) is 15.6. The standard InChI is InChI=1S/C26H24N4O5S/c1-15-9-10-18(11-16(15)2)29-25(32)19-7-5-6-8-20(19)28-26(29)36-14-24(31)27-21-13-23(35-4)22(30(33)34)12-17(21)3/h5-13H,14H2,1-4H3,(H,27,31). The van der Waals surface area contributed by atoms with E-state index in [0.29, 0.717) is 33.0 Å². The third-order valence-electron chi connectivity index (χ3n) is 5.82. The number of nitro benzene ring substituents is 1. The van der Waals surface area contributed by atoms with Crippen molar-refractivity contribution in [3.05, 3.63) is 91.8 Å². The number of rotatable bonds is 7. The van der Waals surface area contributed by atoms with Gasteiger partial charge in [-0.2, -0.15) is 0 Å². The first-order valence-corrected chi connectivity index (χ1v) is 12.0. The number of nitro groups is 1. The number of benzene rings is 3. The fraction of sp³-hybridized carbons (Fsp3) is 0.192. The molecule has 4 aromatic rings. The van der Waals surface area contributed by atoms with Crippen LogP contribution < -0.4 is 15.6 Å². The number of methoxy groups -OCH3 is 1. The van der Waals surface area contributed by atoms with Crippen molar-refractivity contribution in [3.8, 4) is 11.4 Å². The van der Waals surface area contributed by atoms with Crippen LogP contribution in [0.25, 0.3) is 16.6 Å². The number of fused-ring (bicyclic) bond motifs is 1. The lowest BCUT2D eigenvalue weighted by molar-refractivity contribution is -0.385. The molecule has 0 aliphatic rings. The van der Waals surface area contributed by atoms with Gasteiger partial charge in [0.05, 0.1) is 34.4 Å². The minimum atomic E-state index is -0.537. The second-order valence-electron chi connectivity index (χ2n) is 8.25. The van der Waals surface area contributed by atoms with Crippen molar-refractivity contribution in [1.29, 1.82) is 0 Å². The number of para-hydroxylation sites is 1. The maximum absolute atomic E-state index is 13.4. The van der Waals surface area contributed by atoms with Gasteiger partial charge in [0.25, 0.3) is 5.56 Å². The first-order chi connectivity index (χ1) is 17.2. The Labute approximate surface area is 211 Å².